The molecular formula is C13H17F3N4. The number of hydrogen-bond donors (Lipinski definition) is 3. The first-order valence-corrected chi connectivity index (χ1v) is 6.43. The standard InChI is InChI=1S/C13H17F3N4/c14-13(15,16)9-2-1-3-11(8-9)20-12(17)19-10-4-6-18-7-5-10/h1-3,8,10,18H,4-7H2,(H3,17,19,20). The van der Waals surface area contributed by atoms with Crippen LogP contribution in [0.3, 0.4) is 0 Å². The molecule has 0 radical (unpaired) electrons. The fraction of sp³-hybridized carbons (Fsp3) is 0.462. The minimum absolute atomic E-state index is 0.120. The second-order valence-corrected chi connectivity index (χ2v) is 4.70. The smallest absolute Gasteiger partial charge is 0.370 e. The van der Waals surface area contributed by atoms with Gasteiger partial charge < -0.3 is 16.4 Å². The first kappa shape index (κ1) is 14.6. The molecule has 1 heterocycles. The molecule has 0 spiro atoms. The number of alkyl halides is 3. The summed E-state index contributed by atoms with van der Waals surface area (Å²) < 4.78 is 37.7. The molecule has 1 saturated heterocycles. The quantitative estimate of drug-likeness (QED) is 0.577. The van der Waals surface area contributed by atoms with Crippen molar-refractivity contribution in [1.29, 1.82) is 0 Å². The molecule has 2 rings (SSSR count). The Bertz CT molecular complexity index is 479. The maximum atomic E-state index is 12.6. The molecule has 0 saturated carbocycles. The number of benzene rings is 1. The van der Waals surface area contributed by atoms with Gasteiger partial charge in [0.2, 0.25) is 0 Å². The number of halogens is 3. The second-order valence-electron chi connectivity index (χ2n) is 4.70. The van der Waals surface area contributed by atoms with Gasteiger partial charge >= 0.3 is 6.18 Å². The Morgan fingerprint density at radius 2 is 2.00 bits per heavy atom. The van der Waals surface area contributed by atoms with Gasteiger partial charge in [0, 0.05) is 5.69 Å². The molecule has 20 heavy (non-hydrogen) atoms. The van der Waals surface area contributed by atoms with Crippen molar-refractivity contribution in [2.75, 3.05) is 18.4 Å². The van der Waals surface area contributed by atoms with Crippen LogP contribution in [0.1, 0.15) is 18.4 Å². The number of rotatable bonds is 2. The fourth-order valence-corrected chi connectivity index (χ4v) is 2.09. The van der Waals surface area contributed by atoms with Crippen molar-refractivity contribution in [3.63, 3.8) is 0 Å². The van der Waals surface area contributed by atoms with E-state index in [4.69, 9.17) is 5.73 Å². The summed E-state index contributed by atoms with van der Waals surface area (Å²) in [5, 5.41) is 5.92. The Hall–Kier alpha value is -1.76. The van der Waals surface area contributed by atoms with Crippen LogP contribution in [0.2, 0.25) is 0 Å². The van der Waals surface area contributed by atoms with Crippen LogP contribution in [0.5, 0.6) is 0 Å². The summed E-state index contributed by atoms with van der Waals surface area (Å²) in [6.07, 6.45) is -2.60. The molecule has 1 fully saturated rings. The van der Waals surface area contributed by atoms with E-state index >= 15 is 0 Å². The lowest BCUT2D eigenvalue weighted by atomic mass is 10.1. The van der Waals surface area contributed by atoms with Crippen LogP contribution in [0.25, 0.3) is 0 Å². The maximum Gasteiger partial charge on any atom is 0.416 e. The lowest BCUT2D eigenvalue weighted by Crippen LogP contribution is -2.33. The molecule has 1 aliphatic rings. The van der Waals surface area contributed by atoms with Gasteiger partial charge in [0.1, 0.15) is 0 Å². The number of piperidine rings is 1. The van der Waals surface area contributed by atoms with E-state index in [1.807, 2.05) is 0 Å². The van der Waals surface area contributed by atoms with Crippen LogP contribution >= 0.6 is 0 Å². The summed E-state index contributed by atoms with van der Waals surface area (Å²) in [6.45, 7) is 1.76. The average Bonchev–Trinajstić information content (AvgIpc) is 2.39. The molecule has 110 valence electrons. The highest BCUT2D eigenvalue weighted by Crippen LogP contribution is 2.30. The summed E-state index contributed by atoms with van der Waals surface area (Å²) in [4.78, 5) is 4.29. The van der Waals surface area contributed by atoms with Crippen molar-refractivity contribution in [3.8, 4) is 0 Å². The highest BCUT2D eigenvalue weighted by atomic mass is 19.4. The molecule has 1 aliphatic heterocycles. The first-order chi connectivity index (χ1) is 9.45. The number of nitrogens with zero attached hydrogens (tertiary/aromatic N) is 1. The highest BCUT2D eigenvalue weighted by molar-refractivity contribution is 5.92. The summed E-state index contributed by atoms with van der Waals surface area (Å²) in [5.41, 5.74) is 5.31. The van der Waals surface area contributed by atoms with Crippen molar-refractivity contribution in [1.82, 2.24) is 5.32 Å². The van der Waals surface area contributed by atoms with Crippen LogP contribution in [-0.4, -0.2) is 25.1 Å². The summed E-state index contributed by atoms with van der Waals surface area (Å²) in [6, 6.07) is 5.02. The zero-order chi connectivity index (χ0) is 14.6. The number of nitrogens with one attached hydrogen (secondary N) is 2. The van der Waals surface area contributed by atoms with Crippen molar-refractivity contribution in [2.45, 2.75) is 25.1 Å². The first-order valence-electron chi connectivity index (χ1n) is 6.43. The molecule has 4 nitrogen and oxygen atoms in total. The van der Waals surface area contributed by atoms with E-state index in [-0.39, 0.29) is 17.7 Å². The third kappa shape index (κ3) is 4.12. The van der Waals surface area contributed by atoms with Gasteiger partial charge in [-0.05, 0) is 44.1 Å². The Balaban J connectivity index is 2.03. The van der Waals surface area contributed by atoms with Crippen molar-refractivity contribution in [3.05, 3.63) is 29.8 Å². The third-order valence-corrected chi connectivity index (χ3v) is 3.09. The second kappa shape index (κ2) is 6.13. The highest BCUT2D eigenvalue weighted by Gasteiger charge is 2.30. The minimum atomic E-state index is -4.36. The van der Waals surface area contributed by atoms with E-state index in [0.717, 1.165) is 38.1 Å². The number of nitrogens with two attached hydrogens (primary N) is 1. The van der Waals surface area contributed by atoms with Crippen LogP contribution < -0.4 is 16.4 Å². The SMILES string of the molecule is NC(=NC1CCNCC1)Nc1cccc(C(F)(F)F)c1. The lowest BCUT2D eigenvalue weighted by Gasteiger charge is -2.19. The Kier molecular flexibility index (Phi) is 4.49. The minimum Gasteiger partial charge on any atom is -0.370 e. The van der Waals surface area contributed by atoms with Crippen LogP contribution in [0.4, 0.5) is 18.9 Å². The third-order valence-electron chi connectivity index (χ3n) is 3.09. The monoisotopic (exact) mass is 286 g/mol. The molecule has 1 aromatic rings. The number of hydrogen-bond acceptors (Lipinski definition) is 2. The van der Waals surface area contributed by atoms with E-state index in [1.165, 1.54) is 12.1 Å². The topological polar surface area (TPSA) is 62.4 Å². The number of guanidine groups is 1. The van der Waals surface area contributed by atoms with Gasteiger partial charge in [0.05, 0.1) is 11.6 Å². The molecule has 1 aromatic carbocycles. The average molecular weight is 286 g/mol. The molecule has 0 aromatic heterocycles. The van der Waals surface area contributed by atoms with Gasteiger partial charge in [0.15, 0.2) is 5.96 Å². The summed E-state index contributed by atoms with van der Waals surface area (Å²) >= 11 is 0. The molecule has 0 unspecified atom stereocenters. The van der Waals surface area contributed by atoms with Gasteiger partial charge in [-0.2, -0.15) is 13.2 Å². The fourth-order valence-electron chi connectivity index (χ4n) is 2.09. The van der Waals surface area contributed by atoms with E-state index in [9.17, 15) is 13.2 Å². The van der Waals surface area contributed by atoms with E-state index in [1.54, 1.807) is 0 Å². The van der Waals surface area contributed by atoms with E-state index in [2.05, 4.69) is 15.6 Å². The predicted molar refractivity (Wildman–Crippen MR) is 72.6 cm³/mol. The number of anilines is 1. The van der Waals surface area contributed by atoms with Gasteiger partial charge in [0.25, 0.3) is 0 Å². The van der Waals surface area contributed by atoms with E-state index in [0.29, 0.717) is 0 Å². The Morgan fingerprint density at radius 1 is 1.30 bits per heavy atom. The normalized spacial score (nSPS) is 18.1. The molecule has 0 amide bonds. The van der Waals surface area contributed by atoms with E-state index < -0.39 is 11.7 Å². The van der Waals surface area contributed by atoms with Crippen LogP contribution in [-0.2, 0) is 6.18 Å². The predicted octanol–water partition coefficient (Wildman–Crippen LogP) is 2.18. The van der Waals surface area contributed by atoms with Crippen LogP contribution in [0, 0.1) is 0 Å². The van der Waals surface area contributed by atoms with Crippen molar-refractivity contribution >= 4 is 11.6 Å². The van der Waals surface area contributed by atoms with Crippen molar-refractivity contribution < 1.29 is 13.2 Å². The van der Waals surface area contributed by atoms with Gasteiger partial charge in [-0.1, -0.05) is 6.07 Å². The maximum absolute atomic E-state index is 12.6. The largest absolute Gasteiger partial charge is 0.416 e. The molecule has 0 bridgehead atoms. The molecule has 0 atom stereocenters. The van der Waals surface area contributed by atoms with Gasteiger partial charge in [-0.25, -0.2) is 4.99 Å². The summed E-state index contributed by atoms with van der Waals surface area (Å²) in [5.74, 6) is 0.149. The summed E-state index contributed by atoms with van der Waals surface area (Å²) in [7, 11) is 0. The lowest BCUT2D eigenvalue weighted by molar-refractivity contribution is -0.137. The zero-order valence-electron chi connectivity index (χ0n) is 10.9. The van der Waals surface area contributed by atoms with Crippen molar-refractivity contribution in [2.24, 2.45) is 10.7 Å². The Morgan fingerprint density at radius 3 is 2.65 bits per heavy atom. The molecule has 7 heteroatoms. The van der Waals surface area contributed by atoms with Gasteiger partial charge in [-0.15, -0.1) is 0 Å². The van der Waals surface area contributed by atoms with Gasteiger partial charge in [-0.3, -0.25) is 0 Å². The Labute approximate surface area is 115 Å². The molecule has 4 N–H and O–H groups in total. The molecule has 0 aliphatic carbocycles. The number of aliphatic imine (C=N–C) groups is 1. The molecular weight excluding hydrogens is 269 g/mol. The zero-order valence-corrected chi connectivity index (χ0v) is 10.9. The van der Waals surface area contributed by atoms with Crippen LogP contribution in [0.15, 0.2) is 29.3 Å².